The van der Waals surface area contributed by atoms with Crippen LogP contribution in [0.15, 0.2) is 0 Å². The highest BCUT2D eigenvalue weighted by molar-refractivity contribution is 6.03. The normalized spacial score (nSPS) is 18.9. The van der Waals surface area contributed by atoms with E-state index in [4.69, 9.17) is 9.84 Å². The second-order valence-corrected chi connectivity index (χ2v) is 5.81. The topological polar surface area (TPSA) is 80.7 Å². The van der Waals surface area contributed by atoms with Crippen molar-refractivity contribution in [3.63, 3.8) is 0 Å². The Labute approximate surface area is 107 Å². The first-order valence-electron chi connectivity index (χ1n) is 6.13. The number of hydrogen-bond donors (Lipinski definition) is 1. The number of esters is 1. The number of carboxylic acids is 1. The van der Waals surface area contributed by atoms with Crippen LogP contribution in [-0.4, -0.2) is 28.4 Å². The van der Waals surface area contributed by atoms with E-state index in [1.807, 2.05) is 0 Å². The molecule has 0 saturated heterocycles. The van der Waals surface area contributed by atoms with Gasteiger partial charge in [0.1, 0.15) is 11.5 Å². The molecule has 1 saturated carbocycles. The van der Waals surface area contributed by atoms with Crippen LogP contribution in [0.1, 0.15) is 40.5 Å². The Kier molecular flexibility index (Phi) is 4.14. The highest BCUT2D eigenvalue weighted by atomic mass is 16.6. The molecule has 1 aliphatic rings. The first-order valence-corrected chi connectivity index (χ1v) is 6.13. The standard InChI is InChI=1S/C13H20O5/c1-7(12(17)18-13(2,3)4)9(11(15)16)10(14)8-5-6-8/h7-9H,5-6H2,1-4H3,(H,15,16). The number of aliphatic carboxylic acids is 1. The zero-order chi connectivity index (χ0) is 14.1. The van der Waals surface area contributed by atoms with Crippen molar-refractivity contribution in [3.8, 4) is 0 Å². The first kappa shape index (κ1) is 14.7. The number of hydrogen-bond acceptors (Lipinski definition) is 4. The zero-order valence-electron chi connectivity index (χ0n) is 11.2. The average Bonchev–Trinajstić information content (AvgIpc) is 2.96. The largest absolute Gasteiger partial charge is 0.481 e. The summed E-state index contributed by atoms with van der Waals surface area (Å²) in [7, 11) is 0. The molecule has 1 aliphatic carbocycles. The van der Waals surface area contributed by atoms with Crippen LogP contribution in [0.2, 0.25) is 0 Å². The summed E-state index contributed by atoms with van der Waals surface area (Å²) >= 11 is 0. The van der Waals surface area contributed by atoms with Crippen molar-refractivity contribution in [2.75, 3.05) is 0 Å². The van der Waals surface area contributed by atoms with Crippen LogP contribution in [-0.2, 0) is 19.1 Å². The molecule has 2 unspecified atom stereocenters. The summed E-state index contributed by atoms with van der Waals surface area (Å²) in [5, 5.41) is 9.11. The lowest BCUT2D eigenvalue weighted by Gasteiger charge is -2.24. The fourth-order valence-electron chi connectivity index (χ4n) is 1.73. The molecule has 0 aromatic heterocycles. The second kappa shape index (κ2) is 5.08. The fourth-order valence-corrected chi connectivity index (χ4v) is 1.73. The highest BCUT2D eigenvalue weighted by Crippen LogP contribution is 2.35. The Bertz CT molecular complexity index is 362. The summed E-state index contributed by atoms with van der Waals surface area (Å²) < 4.78 is 5.13. The van der Waals surface area contributed by atoms with Gasteiger partial charge in [0.25, 0.3) is 0 Å². The van der Waals surface area contributed by atoms with Crippen molar-refractivity contribution in [2.45, 2.75) is 46.1 Å². The molecule has 5 heteroatoms. The van der Waals surface area contributed by atoms with E-state index in [9.17, 15) is 14.4 Å². The Balaban J connectivity index is 2.76. The third-order valence-corrected chi connectivity index (χ3v) is 2.83. The van der Waals surface area contributed by atoms with Gasteiger partial charge >= 0.3 is 11.9 Å². The van der Waals surface area contributed by atoms with Gasteiger partial charge in [-0.05, 0) is 33.6 Å². The Morgan fingerprint density at radius 2 is 1.72 bits per heavy atom. The Morgan fingerprint density at radius 3 is 2.06 bits per heavy atom. The minimum Gasteiger partial charge on any atom is -0.481 e. The van der Waals surface area contributed by atoms with Crippen LogP contribution < -0.4 is 0 Å². The summed E-state index contributed by atoms with van der Waals surface area (Å²) in [6.45, 7) is 6.55. The monoisotopic (exact) mass is 256 g/mol. The quantitative estimate of drug-likeness (QED) is 0.597. The molecule has 1 N–H and O–H groups in total. The van der Waals surface area contributed by atoms with Crippen molar-refractivity contribution in [3.05, 3.63) is 0 Å². The van der Waals surface area contributed by atoms with Crippen LogP contribution in [0.3, 0.4) is 0 Å². The summed E-state index contributed by atoms with van der Waals surface area (Å²) in [6.07, 6.45) is 1.45. The van der Waals surface area contributed by atoms with Crippen molar-refractivity contribution < 1.29 is 24.2 Å². The van der Waals surface area contributed by atoms with Crippen molar-refractivity contribution in [2.24, 2.45) is 17.8 Å². The van der Waals surface area contributed by atoms with Gasteiger partial charge in [0, 0.05) is 5.92 Å². The summed E-state index contributed by atoms with van der Waals surface area (Å²) in [4.78, 5) is 34.8. The maximum Gasteiger partial charge on any atom is 0.314 e. The van der Waals surface area contributed by atoms with E-state index >= 15 is 0 Å². The minimum atomic E-state index is -1.28. The van der Waals surface area contributed by atoms with E-state index in [1.165, 1.54) is 6.92 Å². The zero-order valence-corrected chi connectivity index (χ0v) is 11.2. The van der Waals surface area contributed by atoms with Crippen LogP contribution in [0.4, 0.5) is 0 Å². The smallest absolute Gasteiger partial charge is 0.314 e. The van der Waals surface area contributed by atoms with Gasteiger partial charge in [-0.25, -0.2) is 0 Å². The Morgan fingerprint density at radius 1 is 1.22 bits per heavy atom. The van der Waals surface area contributed by atoms with Crippen molar-refractivity contribution >= 4 is 17.7 Å². The minimum absolute atomic E-state index is 0.184. The number of carboxylic acid groups (broad SMARTS) is 1. The predicted octanol–water partition coefficient (Wildman–Crippen LogP) is 1.64. The molecule has 18 heavy (non-hydrogen) atoms. The van der Waals surface area contributed by atoms with E-state index in [0.29, 0.717) is 0 Å². The molecular formula is C13H20O5. The molecule has 2 atom stereocenters. The van der Waals surface area contributed by atoms with Crippen LogP contribution in [0, 0.1) is 17.8 Å². The van der Waals surface area contributed by atoms with Crippen LogP contribution in [0.25, 0.3) is 0 Å². The number of carbonyl (C=O) groups is 3. The van der Waals surface area contributed by atoms with Crippen molar-refractivity contribution in [1.29, 1.82) is 0 Å². The summed E-state index contributed by atoms with van der Waals surface area (Å²) in [6, 6.07) is 0. The molecule has 102 valence electrons. The number of carbonyl (C=O) groups excluding carboxylic acids is 2. The van der Waals surface area contributed by atoms with E-state index in [1.54, 1.807) is 20.8 Å². The molecule has 0 amide bonds. The fraction of sp³-hybridized carbons (Fsp3) is 0.769. The molecule has 0 aromatic carbocycles. The van der Waals surface area contributed by atoms with E-state index in [2.05, 4.69) is 0 Å². The van der Waals surface area contributed by atoms with Crippen molar-refractivity contribution in [1.82, 2.24) is 0 Å². The lowest BCUT2D eigenvalue weighted by Crippen LogP contribution is -2.38. The maximum absolute atomic E-state index is 11.9. The molecule has 1 rings (SSSR count). The van der Waals surface area contributed by atoms with Crippen LogP contribution >= 0.6 is 0 Å². The van der Waals surface area contributed by atoms with Crippen LogP contribution in [0.5, 0.6) is 0 Å². The molecule has 5 nitrogen and oxygen atoms in total. The van der Waals surface area contributed by atoms with Gasteiger partial charge in [-0.3, -0.25) is 14.4 Å². The lowest BCUT2D eigenvalue weighted by molar-refractivity contribution is -0.167. The van der Waals surface area contributed by atoms with E-state index in [0.717, 1.165) is 12.8 Å². The molecule has 0 bridgehead atoms. The predicted molar refractivity (Wildman–Crippen MR) is 63.9 cm³/mol. The van der Waals surface area contributed by atoms with Gasteiger partial charge in [-0.15, -0.1) is 0 Å². The SMILES string of the molecule is CC(C(=O)OC(C)(C)C)C(C(=O)O)C(=O)C1CC1. The molecule has 1 fully saturated rings. The van der Waals surface area contributed by atoms with Gasteiger partial charge in [0.15, 0.2) is 5.78 Å². The first-order chi connectivity index (χ1) is 8.13. The van der Waals surface area contributed by atoms with E-state index < -0.39 is 29.4 Å². The third-order valence-electron chi connectivity index (χ3n) is 2.83. The number of Topliss-reactive ketones (excluding diaryl/α,β-unsaturated/α-hetero) is 1. The molecular weight excluding hydrogens is 236 g/mol. The Hall–Kier alpha value is -1.39. The highest BCUT2D eigenvalue weighted by Gasteiger charge is 2.44. The van der Waals surface area contributed by atoms with Gasteiger partial charge in [0.2, 0.25) is 0 Å². The van der Waals surface area contributed by atoms with E-state index in [-0.39, 0.29) is 11.7 Å². The summed E-state index contributed by atoms with van der Waals surface area (Å²) in [5.74, 6) is -4.65. The summed E-state index contributed by atoms with van der Waals surface area (Å²) in [5.41, 5.74) is -0.684. The molecule has 0 aliphatic heterocycles. The lowest BCUT2D eigenvalue weighted by atomic mass is 9.88. The third kappa shape index (κ3) is 3.82. The number of ether oxygens (including phenoxy) is 1. The molecule has 0 radical (unpaired) electrons. The average molecular weight is 256 g/mol. The van der Waals surface area contributed by atoms with Gasteiger partial charge in [-0.2, -0.15) is 0 Å². The molecule has 0 heterocycles. The number of rotatable bonds is 5. The second-order valence-electron chi connectivity index (χ2n) is 5.81. The maximum atomic E-state index is 11.9. The van der Waals surface area contributed by atoms with Gasteiger partial charge in [0.05, 0.1) is 5.92 Å². The molecule has 0 spiro atoms. The molecule has 0 aromatic rings. The number of ketones is 1. The van der Waals surface area contributed by atoms with Gasteiger partial charge < -0.3 is 9.84 Å². The van der Waals surface area contributed by atoms with Gasteiger partial charge in [-0.1, -0.05) is 6.92 Å².